The molecule has 0 amide bonds. The molecule has 0 atom stereocenters. The van der Waals surface area contributed by atoms with Crippen LogP contribution in [0, 0.1) is 0 Å². The van der Waals surface area contributed by atoms with E-state index in [0.717, 1.165) is 17.7 Å². The Hall–Kier alpha value is -2.10. The maximum atomic E-state index is 12.4. The Balaban J connectivity index is 0.00000112. The first-order valence-corrected chi connectivity index (χ1v) is 7.66. The van der Waals surface area contributed by atoms with E-state index in [0.29, 0.717) is 11.1 Å². The van der Waals surface area contributed by atoms with Crippen LogP contribution in [-0.2, 0) is 6.18 Å². The first-order valence-electron chi connectivity index (χ1n) is 7.66. The molecule has 126 valence electrons. The number of halogens is 3. The van der Waals surface area contributed by atoms with Crippen molar-refractivity contribution >= 4 is 5.78 Å². The summed E-state index contributed by atoms with van der Waals surface area (Å²) in [5.74, 6) is -0.0426. The average molecular weight is 324 g/mol. The van der Waals surface area contributed by atoms with E-state index in [-0.39, 0.29) is 5.78 Å². The quantitative estimate of drug-likeness (QED) is 0.567. The molecule has 23 heavy (non-hydrogen) atoms. The molecule has 2 rings (SSSR count). The van der Waals surface area contributed by atoms with Crippen LogP contribution < -0.4 is 0 Å². The minimum absolute atomic E-state index is 0.0426. The molecule has 4 heteroatoms. The molecular formula is C19H23F3O. The van der Waals surface area contributed by atoms with E-state index in [9.17, 15) is 18.0 Å². The van der Waals surface area contributed by atoms with Gasteiger partial charge in [0.2, 0.25) is 0 Å². The Bertz CT molecular complexity index is 582. The van der Waals surface area contributed by atoms with E-state index in [2.05, 4.69) is 0 Å². The van der Waals surface area contributed by atoms with Gasteiger partial charge in [0.15, 0.2) is 5.78 Å². The van der Waals surface area contributed by atoms with E-state index in [1.165, 1.54) is 19.1 Å². The van der Waals surface area contributed by atoms with Gasteiger partial charge < -0.3 is 0 Å². The highest BCUT2D eigenvalue weighted by atomic mass is 19.4. The van der Waals surface area contributed by atoms with Crippen molar-refractivity contribution < 1.29 is 18.0 Å². The highest BCUT2D eigenvalue weighted by Crippen LogP contribution is 2.30. The van der Waals surface area contributed by atoms with Gasteiger partial charge in [-0.05, 0) is 30.2 Å². The van der Waals surface area contributed by atoms with Crippen molar-refractivity contribution in [2.45, 2.75) is 40.8 Å². The smallest absolute Gasteiger partial charge is 0.295 e. The second kappa shape index (κ2) is 9.82. The lowest BCUT2D eigenvalue weighted by Crippen LogP contribution is -2.03. The average Bonchev–Trinajstić information content (AvgIpc) is 2.58. The second-order valence-corrected chi connectivity index (χ2v) is 4.21. The van der Waals surface area contributed by atoms with Crippen molar-refractivity contribution in [3.63, 3.8) is 0 Å². The zero-order valence-electron chi connectivity index (χ0n) is 14.2. The SMILES string of the molecule is CC.CC.CC(=O)c1ccc(-c2ccc(C(F)(F)F)cc2)cc1. The van der Waals surface area contributed by atoms with Crippen molar-refractivity contribution in [1.29, 1.82) is 0 Å². The molecule has 2 aromatic carbocycles. The topological polar surface area (TPSA) is 17.1 Å². The van der Waals surface area contributed by atoms with Crippen LogP contribution in [0.15, 0.2) is 48.5 Å². The lowest BCUT2D eigenvalue weighted by Gasteiger charge is -2.08. The summed E-state index contributed by atoms with van der Waals surface area (Å²) in [5.41, 5.74) is 1.37. The van der Waals surface area contributed by atoms with Crippen LogP contribution >= 0.6 is 0 Å². The number of ketones is 1. The van der Waals surface area contributed by atoms with Crippen LogP contribution in [0.5, 0.6) is 0 Å². The Morgan fingerprint density at radius 2 is 1.09 bits per heavy atom. The van der Waals surface area contributed by atoms with Crippen molar-refractivity contribution in [3.8, 4) is 11.1 Å². The zero-order chi connectivity index (χ0) is 18.0. The molecule has 0 aliphatic heterocycles. The Kier molecular flexibility index (Phi) is 8.93. The minimum Gasteiger partial charge on any atom is -0.295 e. The molecule has 0 aromatic heterocycles. The summed E-state index contributed by atoms with van der Waals surface area (Å²) in [6.07, 6.45) is -4.32. The molecule has 0 aliphatic rings. The molecule has 0 N–H and O–H groups in total. The van der Waals surface area contributed by atoms with Gasteiger partial charge in [0, 0.05) is 5.56 Å². The predicted molar refractivity (Wildman–Crippen MR) is 89.6 cm³/mol. The summed E-state index contributed by atoms with van der Waals surface area (Å²) in [4.78, 5) is 11.1. The van der Waals surface area contributed by atoms with E-state index in [1.807, 2.05) is 27.7 Å². The molecule has 0 aliphatic carbocycles. The number of hydrogen-bond donors (Lipinski definition) is 0. The lowest BCUT2D eigenvalue weighted by atomic mass is 10.0. The number of benzene rings is 2. The maximum absolute atomic E-state index is 12.4. The van der Waals surface area contributed by atoms with E-state index in [1.54, 1.807) is 24.3 Å². The maximum Gasteiger partial charge on any atom is 0.416 e. The Morgan fingerprint density at radius 1 is 0.739 bits per heavy atom. The van der Waals surface area contributed by atoms with Gasteiger partial charge in [-0.25, -0.2) is 0 Å². The van der Waals surface area contributed by atoms with Crippen LogP contribution in [0.1, 0.15) is 50.5 Å². The fourth-order valence-electron chi connectivity index (χ4n) is 1.75. The summed E-state index contributed by atoms with van der Waals surface area (Å²) in [6, 6.07) is 11.7. The standard InChI is InChI=1S/C15H11F3O.2C2H6/c1-10(19)11-2-4-12(5-3-11)13-6-8-14(9-7-13)15(16,17)18;2*1-2/h2-9H,1H3;2*1-2H3. The molecule has 2 aromatic rings. The summed E-state index contributed by atoms with van der Waals surface area (Å²) < 4.78 is 37.3. The van der Waals surface area contributed by atoms with Gasteiger partial charge in [-0.2, -0.15) is 13.2 Å². The zero-order valence-corrected chi connectivity index (χ0v) is 14.2. The van der Waals surface area contributed by atoms with Gasteiger partial charge in [-0.1, -0.05) is 64.1 Å². The molecule has 0 unspecified atom stereocenters. The molecule has 0 radical (unpaired) electrons. The Morgan fingerprint density at radius 3 is 1.39 bits per heavy atom. The molecule has 0 heterocycles. The molecular weight excluding hydrogens is 301 g/mol. The number of hydrogen-bond acceptors (Lipinski definition) is 1. The van der Waals surface area contributed by atoms with Crippen molar-refractivity contribution in [2.75, 3.05) is 0 Å². The predicted octanol–water partition coefficient (Wildman–Crippen LogP) is 6.63. The number of carbonyl (C=O) groups excluding carboxylic acids is 1. The monoisotopic (exact) mass is 324 g/mol. The first kappa shape index (κ1) is 20.9. The number of alkyl halides is 3. The molecule has 0 saturated carbocycles. The van der Waals surface area contributed by atoms with Gasteiger partial charge in [0.25, 0.3) is 0 Å². The third-order valence-corrected chi connectivity index (χ3v) is 2.84. The fourth-order valence-corrected chi connectivity index (χ4v) is 1.75. The second-order valence-electron chi connectivity index (χ2n) is 4.21. The van der Waals surface area contributed by atoms with Crippen molar-refractivity contribution in [3.05, 3.63) is 59.7 Å². The third-order valence-electron chi connectivity index (χ3n) is 2.84. The van der Waals surface area contributed by atoms with Crippen LogP contribution in [0.3, 0.4) is 0 Å². The fraction of sp³-hybridized carbons (Fsp3) is 0.316. The molecule has 1 nitrogen and oxygen atoms in total. The minimum atomic E-state index is -4.32. The van der Waals surface area contributed by atoms with E-state index >= 15 is 0 Å². The molecule has 0 saturated heterocycles. The number of Topliss-reactive ketones (excluding diaryl/α,β-unsaturated/α-hetero) is 1. The number of carbonyl (C=O) groups is 1. The van der Waals surface area contributed by atoms with Gasteiger partial charge in [0.05, 0.1) is 5.56 Å². The van der Waals surface area contributed by atoms with Crippen molar-refractivity contribution in [1.82, 2.24) is 0 Å². The van der Waals surface area contributed by atoms with Crippen LogP contribution in [0.25, 0.3) is 11.1 Å². The summed E-state index contributed by atoms with van der Waals surface area (Å²) >= 11 is 0. The summed E-state index contributed by atoms with van der Waals surface area (Å²) in [7, 11) is 0. The number of rotatable bonds is 2. The highest BCUT2D eigenvalue weighted by Gasteiger charge is 2.29. The first-order chi connectivity index (χ1) is 10.9. The molecule has 0 bridgehead atoms. The Labute approximate surface area is 136 Å². The van der Waals surface area contributed by atoms with E-state index in [4.69, 9.17) is 0 Å². The van der Waals surface area contributed by atoms with Gasteiger partial charge in [-0.15, -0.1) is 0 Å². The normalized spacial score (nSPS) is 9.91. The van der Waals surface area contributed by atoms with Crippen LogP contribution in [-0.4, -0.2) is 5.78 Å². The largest absolute Gasteiger partial charge is 0.416 e. The van der Waals surface area contributed by atoms with Crippen molar-refractivity contribution in [2.24, 2.45) is 0 Å². The molecule has 0 fully saturated rings. The molecule has 0 spiro atoms. The van der Waals surface area contributed by atoms with Crippen LogP contribution in [0.2, 0.25) is 0 Å². The highest BCUT2D eigenvalue weighted by molar-refractivity contribution is 5.94. The lowest BCUT2D eigenvalue weighted by molar-refractivity contribution is -0.137. The van der Waals surface area contributed by atoms with E-state index < -0.39 is 11.7 Å². The van der Waals surface area contributed by atoms with Crippen LogP contribution in [0.4, 0.5) is 13.2 Å². The summed E-state index contributed by atoms with van der Waals surface area (Å²) in [5, 5.41) is 0. The third kappa shape index (κ3) is 6.27. The van der Waals surface area contributed by atoms with Gasteiger partial charge >= 0.3 is 6.18 Å². The summed E-state index contributed by atoms with van der Waals surface area (Å²) in [6.45, 7) is 9.47. The van der Waals surface area contributed by atoms with Gasteiger partial charge in [-0.3, -0.25) is 4.79 Å². The van der Waals surface area contributed by atoms with Gasteiger partial charge in [0.1, 0.15) is 0 Å².